The van der Waals surface area contributed by atoms with Gasteiger partial charge in [-0.1, -0.05) is 6.92 Å². The number of rotatable bonds is 10. The van der Waals surface area contributed by atoms with Crippen molar-refractivity contribution in [2.24, 2.45) is 0 Å². The summed E-state index contributed by atoms with van der Waals surface area (Å²) >= 11 is 1.31. The van der Waals surface area contributed by atoms with Gasteiger partial charge in [0.1, 0.15) is 15.9 Å². The van der Waals surface area contributed by atoms with Crippen molar-refractivity contribution in [2.45, 2.75) is 19.4 Å². The fraction of sp³-hybridized carbons (Fsp3) is 0.778. The molecule has 0 saturated carbocycles. The summed E-state index contributed by atoms with van der Waals surface area (Å²) in [5.74, 6) is -0.0490. The highest BCUT2D eigenvalue weighted by atomic mass is 32.2. The Hall–Kier alpha value is -0.760. The third-order valence-corrected chi connectivity index (χ3v) is 4.97. The summed E-state index contributed by atoms with van der Waals surface area (Å²) in [6, 6.07) is -0.916. The highest BCUT2D eigenvalue weighted by molar-refractivity contribution is 7.99. The Balaban J connectivity index is 3.76. The number of hydrogen-bond donors (Lipinski definition) is 2. The molecule has 100 valence electrons. The van der Waals surface area contributed by atoms with Crippen LogP contribution in [0.3, 0.4) is 0 Å². The van der Waals surface area contributed by atoms with Crippen LogP contribution in [0.4, 0.5) is 0 Å². The van der Waals surface area contributed by atoms with E-state index in [0.717, 1.165) is 0 Å². The van der Waals surface area contributed by atoms with Gasteiger partial charge in [-0.15, -0.1) is 0 Å². The molecule has 0 fully saturated rings. The minimum absolute atomic E-state index is 0.120. The predicted octanol–water partition coefficient (Wildman–Crippen LogP) is -0.256. The van der Waals surface area contributed by atoms with Crippen LogP contribution >= 0.6 is 11.8 Å². The zero-order valence-corrected chi connectivity index (χ0v) is 11.2. The van der Waals surface area contributed by atoms with Crippen molar-refractivity contribution in [1.82, 2.24) is 5.32 Å². The molecule has 0 saturated heterocycles. The number of thioether (sulfide) groups is 1. The Morgan fingerprint density at radius 1 is 1.53 bits per heavy atom. The number of nitrogens with one attached hydrogen (secondary N) is 1. The third kappa shape index (κ3) is 8.03. The zero-order chi connectivity index (χ0) is 13.3. The lowest BCUT2D eigenvalue weighted by atomic mass is 10.3. The van der Waals surface area contributed by atoms with Crippen molar-refractivity contribution >= 4 is 34.0 Å². The maximum absolute atomic E-state index is 11.1. The second-order valence-corrected chi connectivity index (χ2v) is 6.96. The van der Waals surface area contributed by atoms with Gasteiger partial charge in [0.25, 0.3) is 0 Å². The maximum Gasteiger partial charge on any atom is 0.327 e. The van der Waals surface area contributed by atoms with Crippen LogP contribution in [0.1, 0.15) is 13.3 Å². The molecule has 2 N–H and O–H groups in total. The molecule has 6 nitrogen and oxygen atoms in total. The second-order valence-electron chi connectivity index (χ2n) is 3.34. The van der Waals surface area contributed by atoms with E-state index >= 15 is 0 Å². The quantitative estimate of drug-likeness (QED) is 0.423. The van der Waals surface area contributed by atoms with E-state index in [4.69, 9.17) is 5.11 Å². The van der Waals surface area contributed by atoms with Crippen LogP contribution in [-0.2, 0) is 19.4 Å². The predicted molar refractivity (Wildman–Crippen MR) is 66.9 cm³/mol. The van der Waals surface area contributed by atoms with Crippen LogP contribution < -0.4 is 5.32 Å². The van der Waals surface area contributed by atoms with Crippen molar-refractivity contribution in [2.75, 3.05) is 23.0 Å². The molecule has 1 amide bonds. The summed E-state index contributed by atoms with van der Waals surface area (Å²) in [6.45, 7) is 1.59. The summed E-state index contributed by atoms with van der Waals surface area (Å²) in [7, 11) is -2.95. The molecule has 0 aromatic heterocycles. The van der Waals surface area contributed by atoms with Gasteiger partial charge in [-0.3, -0.25) is 4.79 Å². The van der Waals surface area contributed by atoms with E-state index in [1.807, 2.05) is 0 Å². The van der Waals surface area contributed by atoms with Crippen LogP contribution in [0.2, 0.25) is 0 Å². The van der Waals surface area contributed by atoms with Crippen LogP contribution in [0, 0.1) is 0 Å². The molecule has 0 aliphatic rings. The van der Waals surface area contributed by atoms with Crippen molar-refractivity contribution in [3.8, 4) is 0 Å². The minimum atomic E-state index is -2.95. The Morgan fingerprint density at radius 3 is 2.65 bits per heavy atom. The third-order valence-electron chi connectivity index (χ3n) is 2.04. The molecule has 0 aliphatic heterocycles. The van der Waals surface area contributed by atoms with E-state index in [0.29, 0.717) is 18.6 Å². The molecule has 8 heteroatoms. The smallest absolute Gasteiger partial charge is 0.327 e. The van der Waals surface area contributed by atoms with Gasteiger partial charge in [0.05, 0.1) is 5.75 Å². The van der Waals surface area contributed by atoms with E-state index in [1.54, 1.807) is 6.92 Å². The molecule has 0 bridgehead atoms. The van der Waals surface area contributed by atoms with Gasteiger partial charge in [-0.2, -0.15) is 11.8 Å². The van der Waals surface area contributed by atoms with E-state index in [1.165, 1.54) is 11.8 Å². The first-order valence-corrected chi connectivity index (χ1v) is 8.11. The first-order chi connectivity index (χ1) is 7.93. The molecular weight excluding hydrogens is 266 g/mol. The summed E-state index contributed by atoms with van der Waals surface area (Å²) in [6.07, 6.45) is 0.842. The summed E-state index contributed by atoms with van der Waals surface area (Å²) in [5, 5.41) is 10.9. The number of carboxylic acids is 1. The first-order valence-electron chi connectivity index (χ1n) is 5.13. The average molecular weight is 283 g/mol. The van der Waals surface area contributed by atoms with Gasteiger partial charge < -0.3 is 10.4 Å². The van der Waals surface area contributed by atoms with Crippen LogP contribution in [-0.4, -0.2) is 55.0 Å². The number of carbonyl (C=O) groups excluding carboxylic acids is 1. The van der Waals surface area contributed by atoms with Crippen molar-refractivity contribution in [3.63, 3.8) is 0 Å². The van der Waals surface area contributed by atoms with Gasteiger partial charge in [-0.25, -0.2) is 13.2 Å². The van der Waals surface area contributed by atoms with Crippen LogP contribution in [0.5, 0.6) is 0 Å². The van der Waals surface area contributed by atoms with Gasteiger partial charge in [0, 0.05) is 11.5 Å². The lowest BCUT2D eigenvalue weighted by Gasteiger charge is -2.10. The highest BCUT2D eigenvalue weighted by Crippen LogP contribution is 2.06. The Morgan fingerprint density at radius 2 is 2.18 bits per heavy atom. The average Bonchev–Trinajstić information content (AvgIpc) is 2.27. The number of hydrogen-bond acceptors (Lipinski definition) is 5. The zero-order valence-electron chi connectivity index (χ0n) is 9.59. The van der Waals surface area contributed by atoms with Crippen molar-refractivity contribution in [1.29, 1.82) is 0 Å². The fourth-order valence-corrected chi connectivity index (χ4v) is 3.04. The number of amides is 1. The van der Waals surface area contributed by atoms with Crippen LogP contribution in [0.25, 0.3) is 0 Å². The Bertz CT molecular complexity index is 341. The molecule has 0 rings (SSSR count). The van der Waals surface area contributed by atoms with E-state index in [2.05, 4.69) is 5.32 Å². The number of sulfone groups is 1. The highest BCUT2D eigenvalue weighted by Gasteiger charge is 2.15. The van der Waals surface area contributed by atoms with E-state index in [-0.39, 0.29) is 17.3 Å². The van der Waals surface area contributed by atoms with E-state index in [9.17, 15) is 18.0 Å². The molecule has 17 heavy (non-hydrogen) atoms. The summed E-state index contributed by atoms with van der Waals surface area (Å²) in [5.41, 5.74) is 0. The first kappa shape index (κ1) is 16.2. The molecule has 0 aromatic rings. The molecule has 0 radical (unpaired) electrons. The molecular formula is C9H17NO5S2. The fourth-order valence-electron chi connectivity index (χ4n) is 0.999. The SMILES string of the molecule is CCS(=O)(=O)CCCSCC(NC=O)C(=O)O. The molecule has 0 aliphatic carbocycles. The normalized spacial score (nSPS) is 13.0. The summed E-state index contributed by atoms with van der Waals surface area (Å²) < 4.78 is 22.3. The molecule has 0 heterocycles. The summed E-state index contributed by atoms with van der Waals surface area (Å²) in [4.78, 5) is 20.7. The number of carboxylic acid groups (broad SMARTS) is 1. The monoisotopic (exact) mass is 283 g/mol. The molecule has 0 spiro atoms. The molecule has 1 atom stereocenters. The second kappa shape index (κ2) is 8.35. The maximum atomic E-state index is 11.1. The lowest BCUT2D eigenvalue weighted by Crippen LogP contribution is -2.37. The van der Waals surface area contributed by atoms with Crippen molar-refractivity contribution in [3.05, 3.63) is 0 Å². The Kier molecular flexibility index (Phi) is 7.98. The largest absolute Gasteiger partial charge is 0.480 e. The van der Waals surface area contributed by atoms with Crippen molar-refractivity contribution < 1.29 is 23.1 Å². The van der Waals surface area contributed by atoms with E-state index < -0.39 is 21.8 Å². The number of aliphatic carboxylic acids is 1. The van der Waals surface area contributed by atoms with Gasteiger partial charge in [0.2, 0.25) is 6.41 Å². The molecule has 1 unspecified atom stereocenters. The lowest BCUT2D eigenvalue weighted by molar-refractivity contribution is -0.139. The van der Waals surface area contributed by atoms with Gasteiger partial charge in [-0.05, 0) is 12.2 Å². The number of carbonyl (C=O) groups is 2. The minimum Gasteiger partial charge on any atom is -0.480 e. The Labute approximate surface area is 105 Å². The topological polar surface area (TPSA) is 101 Å². The molecule has 0 aromatic carbocycles. The van der Waals surface area contributed by atoms with Crippen LogP contribution in [0.15, 0.2) is 0 Å². The standard InChI is InChI=1S/C9H17NO5S2/c1-2-17(14,15)5-3-4-16-6-8(9(12)13)10-7-11/h7-8H,2-6H2,1H3,(H,10,11)(H,12,13). The van der Waals surface area contributed by atoms with Gasteiger partial charge >= 0.3 is 5.97 Å². The van der Waals surface area contributed by atoms with Gasteiger partial charge in [0.15, 0.2) is 0 Å².